The number of hydrogen-bond acceptors (Lipinski definition) is 3. The highest BCUT2D eigenvalue weighted by atomic mass is 16.3. The second-order valence-corrected chi connectivity index (χ2v) is 4.11. The van der Waals surface area contributed by atoms with Crippen LogP contribution in [0.5, 0.6) is 0 Å². The Hall–Kier alpha value is -1.27. The van der Waals surface area contributed by atoms with E-state index in [9.17, 15) is 0 Å². The molecule has 0 atom stereocenters. The molecule has 1 aromatic rings. The van der Waals surface area contributed by atoms with Crippen molar-refractivity contribution < 1.29 is 4.42 Å². The Kier molecular flexibility index (Phi) is 3.32. The first-order valence-electron chi connectivity index (χ1n) is 4.71. The fraction of sp³-hybridized carbons (Fsp3) is 0.545. The van der Waals surface area contributed by atoms with Crippen molar-refractivity contribution in [3.8, 4) is 6.07 Å². The Morgan fingerprint density at radius 2 is 2.21 bits per heavy atom. The van der Waals surface area contributed by atoms with Crippen LogP contribution in [0.4, 0.5) is 0 Å². The number of rotatable bonds is 4. The molecule has 0 spiro atoms. The summed E-state index contributed by atoms with van der Waals surface area (Å²) in [7, 11) is 0. The van der Waals surface area contributed by atoms with E-state index in [4.69, 9.17) is 9.68 Å². The lowest BCUT2D eigenvalue weighted by Gasteiger charge is -2.14. The number of nitriles is 1. The fourth-order valence-electron chi connectivity index (χ4n) is 1.12. The van der Waals surface area contributed by atoms with Gasteiger partial charge in [-0.2, -0.15) is 5.26 Å². The molecule has 3 nitrogen and oxygen atoms in total. The molecule has 1 N–H and O–H groups in total. The molecule has 0 aliphatic rings. The Morgan fingerprint density at radius 3 is 2.71 bits per heavy atom. The zero-order chi connectivity index (χ0) is 10.6. The molecule has 0 amide bonds. The van der Waals surface area contributed by atoms with Gasteiger partial charge in [-0.25, -0.2) is 0 Å². The van der Waals surface area contributed by atoms with Gasteiger partial charge in [-0.15, -0.1) is 0 Å². The lowest BCUT2D eigenvalue weighted by atomic mass is 9.96. The molecule has 0 fully saturated rings. The minimum Gasteiger partial charge on any atom is -0.465 e. The molecule has 0 bridgehead atoms. The van der Waals surface area contributed by atoms with E-state index in [1.54, 1.807) is 0 Å². The van der Waals surface area contributed by atoms with Crippen molar-refractivity contribution in [1.29, 1.82) is 5.26 Å². The van der Waals surface area contributed by atoms with Gasteiger partial charge in [0.1, 0.15) is 11.5 Å². The van der Waals surface area contributed by atoms with Crippen LogP contribution in [0.3, 0.4) is 0 Å². The molecule has 14 heavy (non-hydrogen) atoms. The summed E-state index contributed by atoms with van der Waals surface area (Å²) < 4.78 is 5.39. The smallest absolute Gasteiger partial charge is 0.117 e. The van der Waals surface area contributed by atoms with Crippen LogP contribution in [0.2, 0.25) is 0 Å². The first-order chi connectivity index (χ1) is 6.53. The minimum absolute atomic E-state index is 0.318. The third kappa shape index (κ3) is 3.23. The predicted molar refractivity (Wildman–Crippen MR) is 54.5 cm³/mol. The maximum absolute atomic E-state index is 8.78. The highest BCUT2D eigenvalue weighted by molar-refractivity contribution is 5.05. The molecule has 76 valence electrons. The van der Waals surface area contributed by atoms with Crippen LogP contribution in [-0.2, 0) is 6.54 Å². The minimum atomic E-state index is -0.318. The average Bonchev–Trinajstić information content (AvgIpc) is 2.51. The molecule has 0 saturated heterocycles. The van der Waals surface area contributed by atoms with E-state index in [1.165, 1.54) is 0 Å². The van der Waals surface area contributed by atoms with Crippen molar-refractivity contribution >= 4 is 0 Å². The first-order valence-corrected chi connectivity index (χ1v) is 4.71. The van der Waals surface area contributed by atoms with Gasteiger partial charge in [-0.05, 0) is 32.9 Å². The van der Waals surface area contributed by atoms with Crippen molar-refractivity contribution in [1.82, 2.24) is 5.32 Å². The zero-order valence-electron chi connectivity index (χ0n) is 8.92. The van der Waals surface area contributed by atoms with E-state index in [-0.39, 0.29) is 5.41 Å². The molecule has 0 aliphatic heterocycles. The Morgan fingerprint density at radius 1 is 1.50 bits per heavy atom. The van der Waals surface area contributed by atoms with Gasteiger partial charge in [0.15, 0.2) is 0 Å². The largest absolute Gasteiger partial charge is 0.465 e. The standard InChI is InChI=1S/C11H16N2O/c1-9-4-5-10(14-9)6-13-8-11(2,3)7-12/h4-5,13H,6,8H2,1-3H3. The molecule has 1 heterocycles. The SMILES string of the molecule is Cc1ccc(CNCC(C)(C)C#N)o1. The second-order valence-electron chi connectivity index (χ2n) is 4.11. The molecule has 1 rings (SSSR count). The molecular weight excluding hydrogens is 176 g/mol. The molecule has 0 unspecified atom stereocenters. The van der Waals surface area contributed by atoms with Crippen molar-refractivity contribution in [2.45, 2.75) is 27.3 Å². The summed E-state index contributed by atoms with van der Waals surface area (Å²) in [6.07, 6.45) is 0. The maximum Gasteiger partial charge on any atom is 0.117 e. The monoisotopic (exact) mass is 192 g/mol. The second kappa shape index (κ2) is 4.30. The van der Waals surface area contributed by atoms with Crippen molar-refractivity contribution in [2.24, 2.45) is 5.41 Å². The van der Waals surface area contributed by atoms with E-state index < -0.39 is 0 Å². The number of nitrogens with one attached hydrogen (secondary N) is 1. The average molecular weight is 192 g/mol. The number of furan rings is 1. The van der Waals surface area contributed by atoms with Crippen molar-refractivity contribution in [2.75, 3.05) is 6.54 Å². The third-order valence-electron chi connectivity index (χ3n) is 1.96. The van der Waals surface area contributed by atoms with Crippen LogP contribution in [0, 0.1) is 23.7 Å². The summed E-state index contributed by atoms with van der Waals surface area (Å²) in [4.78, 5) is 0. The van der Waals surface area contributed by atoms with Crippen molar-refractivity contribution in [3.63, 3.8) is 0 Å². The number of aryl methyl sites for hydroxylation is 1. The van der Waals surface area contributed by atoms with Crippen molar-refractivity contribution in [3.05, 3.63) is 23.7 Å². The quantitative estimate of drug-likeness (QED) is 0.795. The van der Waals surface area contributed by atoms with Gasteiger partial charge in [0.2, 0.25) is 0 Å². The summed E-state index contributed by atoms with van der Waals surface area (Å²) in [6, 6.07) is 6.12. The maximum atomic E-state index is 8.78. The van der Waals surface area contributed by atoms with Gasteiger partial charge in [-0.3, -0.25) is 0 Å². The number of nitrogens with zero attached hydrogens (tertiary/aromatic N) is 1. The lowest BCUT2D eigenvalue weighted by Crippen LogP contribution is -2.27. The van der Waals surface area contributed by atoms with Crippen LogP contribution in [-0.4, -0.2) is 6.54 Å². The Bertz CT molecular complexity index is 333. The van der Waals surface area contributed by atoms with Gasteiger partial charge in [0, 0.05) is 6.54 Å². The van der Waals surface area contributed by atoms with E-state index in [1.807, 2.05) is 32.9 Å². The molecule has 0 radical (unpaired) electrons. The van der Waals surface area contributed by atoms with E-state index in [0.29, 0.717) is 13.1 Å². The van der Waals surface area contributed by atoms with Gasteiger partial charge in [0.25, 0.3) is 0 Å². The highest BCUT2D eigenvalue weighted by Crippen LogP contribution is 2.11. The lowest BCUT2D eigenvalue weighted by molar-refractivity contribution is 0.411. The van der Waals surface area contributed by atoms with E-state index in [0.717, 1.165) is 11.5 Å². The van der Waals surface area contributed by atoms with Gasteiger partial charge >= 0.3 is 0 Å². The van der Waals surface area contributed by atoms with Crippen LogP contribution in [0.25, 0.3) is 0 Å². The van der Waals surface area contributed by atoms with E-state index >= 15 is 0 Å². The van der Waals surface area contributed by atoms with Gasteiger partial charge in [-0.1, -0.05) is 0 Å². The fourth-order valence-corrected chi connectivity index (χ4v) is 1.12. The number of hydrogen-bond donors (Lipinski definition) is 1. The highest BCUT2D eigenvalue weighted by Gasteiger charge is 2.15. The first kappa shape index (κ1) is 10.8. The predicted octanol–water partition coefficient (Wildman–Crippen LogP) is 2.23. The summed E-state index contributed by atoms with van der Waals surface area (Å²) in [5.41, 5.74) is -0.318. The molecular formula is C11H16N2O. The van der Waals surface area contributed by atoms with Crippen LogP contribution >= 0.6 is 0 Å². The normalized spacial score (nSPS) is 11.3. The van der Waals surface area contributed by atoms with Crippen LogP contribution < -0.4 is 5.32 Å². The molecule has 0 aliphatic carbocycles. The van der Waals surface area contributed by atoms with Gasteiger partial charge < -0.3 is 9.73 Å². The Labute approximate surface area is 84.7 Å². The summed E-state index contributed by atoms with van der Waals surface area (Å²) >= 11 is 0. The topological polar surface area (TPSA) is 49.0 Å². The molecule has 0 aromatic carbocycles. The molecule has 3 heteroatoms. The molecule has 0 saturated carbocycles. The molecule has 1 aromatic heterocycles. The van der Waals surface area contributed by atoms with Crippen LogP contribution in [0.15, 0.2) is 16.5 Å². The van der Waals surface area contributed by atoms with Crippen LogP contribution in [0.1, 0.15) is 25.4 Å². The zero-order valence-corrected chi connectivity index (χ0v) is 8.92. The summed E-state index contributed by atoms with van der Waals surface area (Å²) in [5.74, 6) is 1.83. The Balaban J connectivity index is 2.33. The third-order valence-corrected chi connectivity index (χ3v) is 1.96. The van der Waals surface area contributed by atoms with E-state index in [2.05, 4.69) is 11.4 Å². The van der Waals surface area contributed by atoms with Gasteiger partial charge in [0.05, 0.1) is 18.0 Å². The summed E-state index contributed by atoms with van der Waals surface area (Å²) in [6.45, 7) is 7.09. The summed E-state index contributed by atoms with van der Waals surface area (Å²) in [5, 5.41) is 12.0.